The predicted molar refractivity (Wildman–Crippen MR) is 65.2 cm³/mol. The molecule has 0 spiro atoms. The quantitative estimate of drug-likeness (QED) is 0.832. The number of aromatic nitrogens is 2. The van der Waals surface area contributed by atoms with Crippen molar-refractivity contribution in [2.24, 2.45) is 17.6 Å². The van der Waals surface area contributed by atoms with Crippen molar-refractivity contribution in [3.05, 3.63) is 17.5 Å². The Morgan fingerprint density at radius 2 is 2.25 bits per heavy atom. The first kappa shape index (κ1) is 11.3. The smallest absolute Gasteiger partial charge is 0.225 e. The van der Waals surface area contributed by atoms with Crippen LogP contribution in [0.3, 0.4) is 0 Å². The summed E-state index contributed by atoms with van der Waals surface area (Å²) in [5, 5.41) is 0. The second-order valence-corrected chi connectivity index (χ2v) is 4.84. The van der Waals surface area contributed by atoms with Gasteiger partial charge in [-0.05, 0) is 25.2 Å². The van der Waals surface area contributed by atoms with Gasteiger partial charge in [0.15, 0.2) is 0 Å². The summed E-state index contributed by atoms with van der Waals surface area (Å²) in [5.74, 6) is 2.50. The molecule has 0 amide bonds. The third-order valence-electron chi connectivity index (χ3n) is 3.41. The van der Waals surface area contributed by atoms with Crippen LogP contribution in [0.15, 0.2) is 6.20 Å². The lowest BCUT2D eigenvalue weighted by Gasteiger charge is -2.17. The fraction of sp³-hybridized carbons (Fsp3) is 0.667. The molecular formula is C12H20N4. The maximum absolute atomic E-state index is 5.59. The van der Waals surface area contributed by atoms with Crippen molar-refractivity contribution in [2.75, 3.05) is 18.5 Å². The molecule has 2 N–H and O–H groups in total. The number of nitrogens with zero attached hydrogens (tertiary/aromatic N) is 3. The van der Waals surface area contributed by atoms with Crippen LogP contribution in [0, 0.1) is 18.8 Å². The Labute approximate surface area is 96.9 Å². The standard InChI is InChI=1S/C12H20N4/c1-8-4-10(8)7-16(3)12-14-6-11(5-13)9(2)15-12/h6,8,10H,4-5,7,13H2,1-3H3. The molecule has 1 fully saturated rings. The van der Waals surface area contributed by atoms with Gasteiger partial charge in [-0.2, -0.15) is 0 Å². The zero-order valence-electron chi connectivity index (χ0n) is 10.3. The van der Waals surface area contributed by atoms with E-state index in [4.69, 9.17) is 5.73 Å². The minimum Gasteiger partial charge on any atom is -0.344 e. The molecule has 1 aromatic rings. The molecule has 0 aliphatic heterocycles. The van der Waals surface area contributed by atoms with E-state index in [0.717, 1.165) is 35.6 Å². The number of rotatable bonds is 4. The van der Waals surface area contributed by atoms with Gasteiger partial charge in [-0.15, -0.1) is 0 Å². The highest BCUT2D eigenvalue weighted by molar-refractivity contribution is 5.32. The predicted octanol–water partition coefficient (Wildman–Crippen LogP) is 1.34. The summed E-state index contributed by atoms with van der Waals surface area (Å²) in [6, 6.07) is 0. The summed E-state index contributed by atoms with van der Waals surface area (Å²) < 4.78 is 0. The first-order chi connectivity index (χ1) is 7.61. The van der Waals surface area contributed by atoms with Gasteiger partial charge in [0.05, 0.1) is 0 Å². The van der Waals surface area contributed by atoms with Crippen molar-refractivity contribution in [1.29, 1.82) is 0 Å². The first-order valence-corrected chi connectivity index (χ1v) is 5.85. The SMILES string of the molecule is Cc1nc(N(C)CC2CC2C)ncc1CN. The van der Waals surface area contributed by atoms with Crippen molar-refractivity contribution >= 4 is 5.95 Å². The molecular weight excluding hydrogens is 200 g/mol. The van der Waals surface area contributed by atoms with Crippen LogP contribution in [0.4, 0.5) is 5.95 Å². The molecule has 2 atom stereocenters. The zero-order valence-corrected chi connectivity index (χ0v) is 10.3. The van der Waals surface area contributed by atoms with Crippen LogP contribution in [-0.4, -0.2) is 23.6 Å². The van der Waals surface area contributed by atoms with E-state index in [1.807, 2.05) is 13.1 Å². The molecule has 4 heteroatoms. The van der Waals surface area contributed by atoms with Gasteiger partial charge in [0.1, 0.15) is 0 Å². The van der Waals surface area contributed by atoms with Gasteiger partial charge in [0, 0.05) is 37.6 Å². The summed E-state index contributed by atoms with van der Waals surface area (Å²) in [7, 11) is 2.06. The summed E-state index contributed by atoms with van der Waals surface area (Å²) in [4.78, 5) is 11.0. The number of anilines is 1. The Kier molecular flexibility index (Phi) is 3.10. The zero-order chi connectivity index (χ0) is 11.7. The maximum atomic E-state index is 5.59. The molecule has 2 rings (SSSR count). The van der Waals surface area contributed by atoms with E-state index in [1.165, 1.54) is 6.42 Å². The van der Waals surface area contributed by atoms with E-state index in [1.54, 1.807) is 0 Å². The van der Waals surface area contributed by atoms with Gasteiger partial charge >= 0.3 is 0 Å². The van der Waals surface area contributed by atoms with Crippen LogP contribution >= 0.6 is 0 Å². The molecule has 0 saturated heterocycles. The van der Waals surface area contributed by atoms with E-state index >= 15 is 0 Å². The van der Waals surface area contributed by atoms with Gasteiger partial charge in [0.25, 0.3) is 0 Å². The van der Waals surface area contributed by atoms with E-state index in [9.17, 15) is 0 Å². The lowest BCUT2D eigenvalue weighted by molar-refractivity contribution is 0.709. The van der Waals surface area contributed by atoms with E-state index < -0.39 is 0 Å². The Balaban J connectivity index is 2.05. The van der Waals surface area contributed by atoms with Gasteiger partial charge in [0.2, 0.25) is 5.95 Å². The van der Waals surface area contributed by atoms with Crippen molar-refractivity contribution in [3.63, 3.8) is 0 Å². The molecule has 0 radical (unpaired) electrons. The molecule has 1 aliphatic rings. The van der Waals surface area contributed by atoms with Gasteiger partial charge in [-0.1, -0.05) is 6.92 Å². The molecule has 1 aromatic heterocycles. The summed E-state index contributed by atoms with van der Waals surface area (Å²) in [6.07, 6.45) is 3.18. The van der Waals surface area contributed by atoms with Crippen molar-refractivity contribution in [2.45, 2.75) is 26.8 Å². The van der Waals surface area contributed by atoms with Gasteiger partial charge in [-0.3, -0.25) is 0 Å². The molecule has 0 bridgehead atoms. The third-order valence-corrected chi connectivity index (χ3v) is 3.41. The van der Waals surface area contributed by atoms with Crippen LogP contribution in [-0.2, 0) is 6.54 Å². The summed E-state index contributed by atoms with van der Waals surface area (Å²) in [5.41, 5.74) is 7.61. The van der Waals surface area contributed by atoms with Crippen molar-refractivity contribution in [1.82, 2.24) is 9.97 Å². The minimum atomic E-state index is 0.509. The highest BCUT2D eigenvalue weighted by Gasteiger charge is 2.33. The average Bonchev–Trinajstić information content (AvgIpc) is 2.94. The number of hydrogen-bond donors (Lipinski definition) is 1. The highest BCUT2D eigenvalue weighted by Crippen LogP contribution is 2.38. The van der Waals surface area contributed by atoms with Crippen LogP contribution in [0.1, 0.15) is 24.6 Å². The van der Waals surface area contributed by atoms with Crippen LogP contribution in [0.5, 0.6) is 0 Å². The largest absolute Gasteiger partial charge is 0.344 e. The first-order valence-electron chi connectivity index (χ1n) is 5.85. The molecule has 1 aliphatic carbocycles. The fourth-order valence-electron chi connectivity index (χ4n) is 1.95. The topological polar surface area (TPSA) is 55.0 Å². The summed E-state index contributed by atoms with van der Waals surface area (Å²) in [6.45, 7) is 5.85. The lowest BCUT2D eigenvalue weighted by Crippen LogP contribution is -2.23. The molecule has 88 valence electrons. The van der Waals surface area contributed by atoms with Gasteiger partial charge in [-0.25, -0.2) is 9.97 Å². The molecule has 1 heterocycles. The Morgan fingerprint density at radius 3 is 2.75 bits per heavy atom. The minimum absolute atomic E-state index is 0.509. The average molecular weight is 220 g/mol. The van der Waals surface area contributed by atoms with Crippen molar-refractivity contribution in [3.8, 4) is 0 Å². The lowest BCUT2D eigenvalue weighted by atomic mass is 10.2. The van der Waals surface area contributed by atoms with Crippen LogP contribution in [0.2, 0.25) is 0 Å². The van der Waals surface area contributed by atoms with Crippen molar-refractivity contribution < 1.29 is 0 Å². The molecule has 2 unspecified atom stereocenters. The van der Waals surface area contributed by atoms with Gasteiger partial charge < -0.3 is 10.6 Å². The fourth-order valence-corrected chi connectivity index (χ4v) is 1.95. The van der Waals surface area contributed by atoms with E-state index in [0.29, 0.717) is 6.54 Å². The second-order valence-electron chi connectivity index (χ2n) is 4.84. The maximum Gasteiger partial charge on any atom is 0.225 e. The molecule has 1 saturated carbocycles. The van der Waals surface area contributed by atoms with Crippen LogP contribution in [0.25, 0.3) is 0 Å². The molecule has 4 nitrogen and oxygen atoms in total. The summed E-state index contributed by atoms with van der Waals surface area (Å²) >= 11 is 0. The molecule has 16 heavy (non-hydrogen) atoms. The van der Waals surface area contributed by atoms with E-state index in [2.05, 4.69) is 28.8 Å². The Bertz CT molecular complexity index is 377. The number of nitrogens with two attached hydrogens (primary N) is 1. The third kappa shape index (κ3) is 2.32. The van der Waals surface area contributed by atoms with Crippen LogP contribution < -0.4 is 10.6 Å². The van der Waals surface area contributed by atoms with E-state index in [-0.39, 0.29) is 0 Å². The normalized spacial score (nSPS) is 23.2. The Morgan fingerprint density at radius 1 is 1.56 bits per heavy atom. The Hall–Kier alpha value is -1.16. The number of aryl methyl sites for hydroxylation is 1. The molecule has 0 aromatic carbocycles. The second kappa shape index (κ2) is 4.37. The highest BCUT2D eigenvalue weighted by atomic mass is 15.2. The number of hydrogen-bond acceptors (Lipinski definition) is 4. The monoisotopic (exact) mass is 220 g/mol.